The predicted molar refractivity (Wildman–Crippen MR) is 80.2 cm³/mol. The van der Waals surface area contributed by atoms with Crippen molar-refractivity contribution in [2.45, 2.75) is 52.0 Å². The van der Waals surface area contributed by atoms with Crippen molar-refractivity contribution in [3.8, 4) is 11.5 Å². The summed E-state index contributed by atoms with van der Waals surface area (Å²) < 4.78 is 11.0. The van der Waals surface area contributed by atoms with Gasteiger partial charge in [-0.15, -0.1) is 0 Å². The highest BCUT2D eigenvalue weighted by Crippen LogP contribution is 2.38. The van der Waals surface area contributed by atoms with E-state index in [4.69, 9.17) is 15.2 Å². The maximum Gasteiger partial charge on any atom is 0.126 e. The lowest BCUT2D eigenvalue weighted by Gasteiger charge is -2.27. The highest BCUT2D eigenvalue weighted by atomic mass is 16.5. The van der Waals surface area contributed by atoms with Crippen LogP contribution in [0.1, 0.15) is 45.7 Å². The molecule has 0 aromatic heterocycles. The maximum absolute atomic E-state index is 6.15. The fraction of sp³-hybridized carbons (Fsp3) is 0.625. The van der Waals surface area contributed by atoms with Gasteiger partial charge in [-0.05, 0) is 43.4 Å². The van der Waals surface area contributed by atoms with Gasteiger partial charge in [0.25, 0.3) is 0 Å². The number of methoxy groups -OCH3 is 2. The summed E-state index contributed by atoms with van der Waals surface area (Å²) in [5, 5.41) is 0. The molecule has 0 bridgehead atoms. The minimum absolute atomic E-state index is 0.00657. The second-order valence-electron chi connectivity index (χ2n) is 6.78. The van der Waals surface area contributed by atoms with Gasteiger partial charge in [-0.3, -0.25) is 0 Å². The lowest BCUT2D eigenvalue weighted by atomic mass is 9.83. The van der Waals surface area contributed by atoms with Crippen LogP contribution in [0.5, 0.6) is 11.5 Å². The largest absolute Gasteiger partial charge is 0.497 e. The van der Waals surface area contributed by atoms with Gasteiger partial charge in [-0.2, -0.15) is 0 Å². The quantitative estimate of drug-likeness (QED) is 0.908. The molecule has 0 heterocycles. The van der Waals surface area contributed by atoms with E-state index in [1.54, 1.807) is 14.2 Å². The van der Waals surface area contributed by atoms with Gasteiger partial charge < -0.3 is 15.2 Å². The van der Waals surface area contributed by atoms with Crippen LogP contribution in [0, 0.1) is 0 Å². The van der Waals surface area contributed by atoms with Crippen LogP contribution < -0.4 is 15.2 Å². The molecule has 0 saturated heterocycles. The van der Waals surface area contributed by atoms with Crippen molar-refractivity contribution in [1.82, 2.24) is 0 Å². The summed E-state index contributed by atoms with van der Waals surface area (Å²) in [5.41, 5.74) is 8.10. The van der Waals surface area contributed by atoms with Gasteiger partial charge in [0, 0.05) is 11.1 Å². The normalized spacial score (nSPS) is 12.4. The number of hydrogen-bond acceptors (Lipinski definition) is 3. The van der Waals surface area contributed by atoms with E-state index in [2.05, 4.69) is 20.8 Å². The first-order chi connectivity index (χ1) is 8.58. The summed E-state index contributed by atoms with van der Waals surface area (Å²) in [6.45, 7) is 10.5. The lowest BCUT2D eigenvalue weighted by Crippen LogP contribution is -2.34. The van der Waals surface area contributed by atoms with Crippen molar-refractivity contribution in [3.05, 3.63) is 23.3 Å². The van der Waals surface area contributed by atoms with Gasteiger partial charge >= 0.3 is 0 Å². The van der Waals surface area contributed by atoms with Crippen molar-refractivity contribution >= 4 is 0 Å². The highest BCUT2D eigenvalue weighted by molar-refractivity contribution is 5.50. The van der Waals surface area contributed by atoms with Crippen molar-refractivity contribution < 1.29 is 9.47 Å². The number of ether oxygens (including phenoxy) is 2. The van der Waals surface area contributed by atoms with E-state index < -0.39 is 0 Å². The van der Waals surface area contributed by atoms with Gasteiger partial charge in [-0.1, -0.05) is 20.8 Å². The third-order valence-corrected chi connectivity index (χ3v) is 3.03. The first-order valence-corrected chi connectivity index (χ1v) is 6.63. The summed E-state index contributed by atoms with van der Waals surface area (Å²) in [4.78, 5) is 0. The van der Waals surface area contributed by atoms with E-state index >= 15 is 0 Å². The second kappa shape index (κ2) is 5.41. The van der Waals surface area contributed by atoms with E-state index in [0.717, 1.165) is 29.0 Å². The van der Waals surface area contributed by atoms with E-state index in [9.17, 15) is 0 Å². The first kappa shape index (κ1) is 15.8. The standard InChI is InChI=1S/C16H27NO2/c1-15(2,3)13-9-12(18-6)8-11(14(13)19-7)10-16(4,5)17/h8-9H,10,17H2,1-7H3. The molecule has 0 unspecified atom stereocenters. The first-order valence-electron chi connectivity index (χ1n) is 6.63. The van der Waals surface area contributed by atoms with Crippen LogP contribution in [0.4, 0.5) is 0 Å². The molecule has 3 heteroatoms. The maximum atomic E-state index is 6.15. The lowest BCUT2D eigenvalue weighted by molar-refractivity contribution is 0.377. The zero-order valence-electron chi connectivity index (χ0n) is 13.3. The molecular formula is C16H27NO2. The fourth-order valence-electron chi connectivity index (χ4n) is 2.20. The van der Waals surface area contributed by atoms with Crippen LogP contribution in [0.15, 0.2) is 12.1 Å². The van der Waals surface area contributed by atoms with Gasteiger partial charge in [0.15, 0.2) is 0 Å². The molecular weight excluding hydrogens is 238 g/mol. The van der Waals surface area contributed by atoms with Crippen LogP contribution in [0.25, 0.3) is 0 Å². The molecule has 0 aliphatic heterocycles. The minimum atomic E-state index is -0.283. The second-order valence-corrected chi connectivity index (χ2v) is 6.78. The van der Waals surface area contributed by atoms with E-state index in [1.807, 2.05) is 26.0 Å². The molecule has 2 N–H and O–H groups in total. The zero-order chi connectivity index (χ0) is 14.8. The molecule has 0 aliphatic carbocycles. The van der Waals surface area contributed by atoms with E-state index in [0.29, 0.717) is 0 Å². The molecule has 19 heavy (non-hydrogen) atoms. The van der Waals surface area contributed by atoms with Crippen molar-refractivity contribution in [2.75, 3.05) is 14.2 Å². The Morgan fingerprint density at radius 2 is 1.58 bits per heavy atom. The number of rotatable bonds is 4. The molecule has 0 radical (unpaired) electrons. The van der Waals surface area contributed by atoms with Crippen LogP contribution in [-0.2, 0) is 11.8 Å². The zero-order valence-corrected chi connectivity index (χ0v) is 13.3. The smallest absolute Gasteiger partial charge is 0.126 e. The monoisotopic (exact) mass is 265 g/mol. The van der Waals surface area contributed by atoms with Crippen molar-refractivity contribution in [1.29, 1.82) is 0 Å². The molecule has 108 valence electrons. The topological polar surface area (TPSA) is 44.5 Å². The minimum Gasteiger partial charge on any atom is -0.497 e. The fourth-order valence-corrected chi connectivity index (χ4v) is 2.20. The Morgan fingerprint density at radius 3 is 1.95 bits per heavy atom. The summed E-state index contributed by atoms with van der Waals surface area (Å²) in [6.07, 6.45) is 0.746. The van der Waals surface area contributed by atoms with Gasteiger partial charge in [0.05, 0.1) is 14.2 Å². The Hall–Kier alpha value is -1.22. The van der Waals surface area contributed by atoms with Gasteiger partial charge in [-0.25, -0.2) is 0 Å². The molecule has 1 aromatic rings. The molecule has 0 fully saturated rings. The Morgan fingerprint density at radius 1 is 1.00 bits per heavy atom. The van der Waals surface area contributed by atoms with Crippen LogP contribution in [-0.4, -0.2) is 19.8 Å². The summed E-state index contributed by atoms with van der Waals surface area (Å²) in [6, 6.07) is 4.06. The summed E-state index contributed by atoms with van der Waals surface area (Å²) in [5.74, 6) is 1.77. The Bertz CT molecular complexity index is 439. The molecule has 1 aromatic carbocycles. The SMILES string of the molecule is COc1cc(CC(C)(C)N)c(OC)c(C(C)(C)C)c1. The van der Waals surface area contributed by atoms with Crippen LogP contribution in [0.3, 0.4) is 0 Å². The van der Waals surface area contributed by atoms with Crippen LogP contribution >= 0.6 is 0 Å². The van der Waals surface area contributed by atoms with E-state index in [1.165, 1.54) is 0 Å². The molecule has 0 spiro atoms. The number of nitrogens with two attached hydrogens (primary N) is 1. The molecule has 0 atom stereocenters. The molecule has 3 nitrogen and oxygen atoms in total. The van der Waals surface area contributed by atoms with Crippen molar-refractivity contribution in [3.63, 3.8) is 0 Å². The Kier molecular flexibility index (Phi) is 4.51. The average Bonchev–Trinajstić information content (AvgIpc) is 2.24. The molecule has 0 amide bonds. The highest BCUT2D eigenvalue weighted by Gasteiger charge is 2.24. The number of benzene rings is 1. The Balaban J connectivity index is 3.44. The Labute approximate surface area is 117 Å². The summed E-state index contributed by atoms with van der Waals surface area (Å²) >= 11 is 0. The van der Waals surface area contributed by atoms with Gasteiger partial charge in [0.1, 0.15) is 11.5 Å². The van der Waals surface area contributed by atoms with Gasteiger partial charge in [0.2, 0.25) is 0 Å². The number of hydrogen-bond donors (Lipinski definition) is 1. The predicted octanol–water partition coefficient (Wildman–Crippen LogP) is 3.28. The summed E-state index contributed by atoms with van der Waals surface area (Å²) in [7, 11) is 3.40. The third-order valence-electron chi connectivity index (χ3n) is 3.03. The average molecular weight is 265 g/mol. The van der Waals surface area contributed by atoms with Crippen LogP contribution in [0.2, 0.25) is 0 Å². The van der Waals surface area contributed by atoms with Crippen molar-refractivity contribution in [2.24, 2.45) is 5.73 Å². The molecule has 0 saturated carbocycles. The molecule has 0 aliphatic rings. The molecule has 1 rings (SSSR count). The third kappa shape index (κ3) is 4.13. The van der Waals surface area contributed by atoms with E-state index in [-0.39, 0.29) is 11.0 Å².